The molecule has 1 amide bonds. The third-order valence-corrected chi connectivity index (χ3v) is 5.81. The van der Waals surface area contributed by atoms with Gasteiger partial charge in [-0.3, -0.25) is 4.79 Å². The van der Waals surface area contributed by atoms with Crippen LogP contribution in [0.15, 0.2) is 46.0 Å². The van der Waals surface area contributed by atoms with E-state index in [4.69, 9.17) is 4.42 Å². The smallest absolute Gasteiger partial charge is 0.277 e. The summed E-state index contributed by atoms with van der Waals surface area (Å²) in [6, 6.07) is 12.0. The Labute approximate surface area is 170 Å². The van der Waals surface area contributed by atoms with Crippen LogP contribution in [0.1, 0.15) is 16.7 Å². The Bertz CT molecular complexity index is 1170. The van der Waals surface area contributed by atoms with Crippen molar-refractivity contribution in [3.8, 4) is 11.5 Å². The van der Waals surface area contributed by atoms with E-state index in [0.717, 1.165) is 26.9 Å². The molecule has 2 aromatic heterocycles. The molecule has 2 aromatic carbocycles. The summed E-state index contributed by atoms with van der Waals surface area (Å²) in [5.74, 6) is 0.459. The Balaban J connectivity index is 1.39. The quantitative estimate of drug-likeness (QED) is 0.466. The number of amides is 1. The molecule has 0 aliphatic rings. The minimum Gasteiger partial charge on any atom is -0.411 e. The molecule has 2 heterocycles. The zero-order valence-corrected chi connectivity index (χ0v) is 17.3. The highest BCUT2D eigenvalue weighted by atomic mass is 32.2. The molecule has 8 heteroatoms. The van der Waals surface area contributed by atoms with Crippen molar-refractivity contribution in [1.29, 1.82) is 0 Å². The van der Waals surface area contributed by atoms with Crippen molar-refractivity contribution in [2.45, 2.75) is 26.0 Å². The number of thiazole rings is 1. The lowest BCUT2D eigenvalue weighted by molar-refractivity contribution is -0.113. The van der Waals surface area contributed by atoms with Crippen LogP contribution in [0, 0.1) is 20.8 Å². The maximum absolute atomic E-state index is 12.3. The van der Waals surface area contributed by atoms with Gasteiger partial charge in [0.25, 0.3) is 5.22 Å². The minimum absolute atomic E-state index is 0.159. The molecule has 142 valence electrons. The van der Waals surface area contributed by atoms with Gasteiger partial charge in [-0.25, -0.2) is 4.98 Å². The van der Waals surface area contributed by atoms with Gasteiger partial charge in [-0.05, 0) is 50.1 Å². The molecular weight excluding hydrogens is 392 g/mol. The lowest BCUT2D eigenvalue weighted by atomic mass is 10.1. The zero-order chi connectivity index (χ0) is 19.7. The fraction of sp³-hybridized carbons (Fsp3) is 0.200. The van der Waals surface area contributed by atoms with Gasteiger partial charge in [0.2, 0.25) is 11.8 Å². The average molecular weight is 411 g/mol. The number of hydrogen-bond donors (Lipinski definition) is 1. The number of nitrogens with zero attached hydrogens (tertiary/aromatic N) is 3. The molecule has 28 heavy (non-hydrogen) atoms. The van der Waals surface area contributed by atoms with Gasteiger partial charge >= 0.3 is 0 Å². The molecule has 0 aliphatic heterocycles. The summed E-state index contributed by atoms with van der Waals surface area (Å²) in [4.78, 5) is 16.8. The van der Waals surface area contributed by atoms with Crippen LogP contribution in [0.25, 0.3) is 21.7 Å². The van der Waals surface area contributed by atoms with E-state index >= 15 is 0 Å². The maximum Gasteiger partial charge on any atom is 0.277 e. The first-order valence-corrected chi connectivity index (χ1v) is 10.5. The Morgan fingerprint density at radius 2 is 2.00 bits per heavy atom. The predicted molar refractivity (Wildman–Crippen MR) is 113 cm³/mol. The number of aromatic nitrogens is 3. The fourth-order valence-electron chi connectivity index (χ4n) is 2.87. The second-order valence-corrected chi connectivity index (χ2v) is 8.48. The summed E-state index contributed by atoms with van der Waals surface area (Å²) in [5.41, 5.74) is 5.20. The van der Waals surface area contributed by atoms with Crippen molar-refractivity contribution in [2.24, 2.45) is 0 Å². The molecule has 6 nitrogen and oxygen atoms in total. The van der Waals surface area contributed by atoms with Gasteiger partial charge in [-0.2, -0.15) is 0 Å². The maximum atomic E-state index is 12.3. The van der Waals surface area contributed by atoms with Crippen molar-refractivity contribution in [3.63, 3.8) is 0 Å². The molecule has 0 bridgehead atoms. The molecule has 0 aliphatic carbocycles. The van der Waals surface area contributed by atoms with Crippen LogP contribution in [-0.2, 0) is 4.79 Å². The first kappa shape index (κ1) is 18.6. The van der Waals surface area contributed by atoms with Gasteiger partial charge in [0.1, 0.15) is 0 Å². The van der Waals surface area contributed by atoms with E-state index in [0.29, 0.717) is 16.2 Å². The highest BCUT2D eigenvalue weighted by Crippen LogP contribution is 2.30. The van der Waals surface area contributed by atoms with Crippen molar-refractivity contribution in [1.82, 2.24) is 15.2 Å². The largest absolute Gasteiger partial charge is 0.411 e. The van der Waals surface area contributed by atoms with Gasteiger partial charge in [0.05, 0.1) is 16.0 Å². The second kappa shape index (κ2) is 7.73. The molecule has 4 aromatic rings. The fourth-order valence-corrected chi connectivity index (χ4v) is 4.49. The Hall–Kier alpha value is -2.71. The number of hydrogen-bond acceptors (Lipinski definition) is 7. The number of carbonyl (C=O) groups is 1. The number of carbonyl (C=O) groups excluding carboxylic acids is 1. The van der Waals surface area contributed by atoms with Gasteiger partial charge in [-0.15, -0.1) is 10.2 Å². The van der Waals surface area contributed by atoms with E-state index in [9.17, 15) is 4.79 Å². The summed E-state index contributed by atoms with van der Waals surface area (Å²) in [7, 11) is 0. The van der Waals surface area contributed by atoms with Crippen molar-refractivity contribution in [3.05, 3.63) is 53.1 Å². The number of fused-ring (bicyclic) bond motifs is 1. The zero-order valence-electron chi connectivity index (χ0n) is 15.6. The Kier molecular flexibility index (Phi) is 5.15. The normalized spacial score (nSPS) is 11.1. The van der Waals surface area contributed by atoms with Crippen molar-refractivity contribution >= 4 is 44.4 Å². The molecule has 4 rings (SSSR count). The molecule has 0 spiro atoms. The van der Waals surface area contributed by atoms with E-state index in [1.165, 1.54) is 28.7 Å². The third-order valence-electron chi connectivity index (χ3n) is 4.07. The lowest BCUT2D eigenvalue weighted by Crippen LogP contribution is -2.13. The minimum atomic E-state index is -0.159. The van der Waals surface area contributed by atoms with E-state index in [1.54, 1.807) is 0 Å². The average Bonchev–Trinajstić information content (AvgIpc) is 3.27. The van der Waals surface area contributed by atoms with E-state index in [-0.39, 0.29) is 11.7 Å². The number of anilines is 1. The first-order chi connectivity index (χ1) is 13.5. The van der Waals surface area contributed by atoms with Crippen LogP contribution in [0.5, 0.6) is 0 Å². The number of rotatable bonds is 5. The van der Waals surface area contributed by atoms with Crippen LogP contribution < -0.4 is 5.32 Å². The molecule has 0 radical (unpaired) electrons. The summed E-state index contributed by atoms with van der Waals surface area (Å²) in [6.45, 7) is 6.08. The number of aryl methyl sites for hydroxylation is 3. The molecule has 1 N–H and O–H groups in total. The van der Waals surface area contributed by atoms with Crippen LogP contribution >= 0.6 is 23.1 Å². The van der Waals surface area contributed by atoms with Crippen LogP contribution in [0.3, 0.4) is 0 Å². The SMILES string of the molecule is Cc1cccc(-c2nnc(SCC(=O)Nc3nc4c(C)cc(C)cc4s3)o2)c1. The molecule has 0 unspecified atom stereocenters. The molecular formula is C20H18N4O2S2. The molecule has 0 fully saturated rings. The van der Waals surface area contributed by atoms with Crippen molar-refractivity contribution in [2.75, 3.05) is 11.1 Å². The van der Waals surface area contributed by atoms with E-state index in [1.807, 2.05) is 38.1 Å². The van der Waals surface area contributed by atoms with E-state index < -0.39 is 0 Å². The highest BCUT2D eigenvalue weighted by Gasteiger charge is 2.13. The predicted octanol–water partition coefficient (Wildman–Crippen LogP) is 5.00. The third kappa shape index (κ3) is 4.07. The molecule has 0 saturated carbocycles. The Morgan fingerprint density at radius 1 is 1.14 bits per heavy atom. The van der Waals surface area contributed by atoms with E-state index in [2.05, 4.69) is 39.6 Å². The topological polar surface area (TPSA) is 80.9 Å². The summed E-state index contributed by atoms with van der Waals surface area (Å²) < 4.78 is 6.72. The highest BCUT2D eigenvalue weighted by molar-refractivity contribution is 7.99. The summed E-state index contributed by atoms with van der Waals surface area (Å²) >= 11 is 2.68. The second-order valence-electron chi connectivity index (χ2n) is 6.53. The van der Waals surface area contributed by atoms with Gasteiger partial charge in [-0.1, -0.05) is 46.9 Å². The number of benzene rings is 2. The first-order valence-electron chi connectivity index (χ1n) is 8.69. The summed E-state index contributed by atoms with van der Waals surface area (Å²) in [6.07, 6.45) is 0. The van der Waals surface area contributed by atoms with Gasteiger partial charge in [0, 0.05) is 5.56 Å². The van der Waals surface area contributed by atoms with Gasteiger partial charge in [0.15, 0.2) is 5.13 Å². The monoisotopic (exact) mass is 410 g/mol. The van der Waals surface area contributed by atoms with Gasteiger partial charge < -0.3 is 9.73 Å². The standard InChI is InChI=1S/C20H18N4O2S2/c1-11-5-4-6-14(8-11)18-23-24-20(26-18)27-10-16(25)21-19-22-17-13(3)7-12(2)9-15(17)28-19/h4-9H,10H2,1-3H3,(H,21,22,25). The summed E-state index contributed by atoms with van der Waals surface area (Å²) in [5, 5.41) is 11.9. The lowest BCUT2D eigenvalue weighted by Gasteiger charge is -1.99. The Morgan fingerprint density at radius 3 is 2.82 bits per heavy atom. The molecule has 0 saturated heterocycles. The number of thioether (sulfide) groups is 1. The van der Waals surface area contributed by atoms with Crippen LogP contribution in [-0.4, -0.2) is 26.8 Å². The van der Waals surface area contributed by atoms with Crippen LogP contribution in [0.2, 0.25) is 0 Å². The molecule has 0 atom stereocenters. The van der Waals surface area contributed by atoms with Crippen molar-refractivity contribution < 1.29 is 9.21 Å². The number of nitrogens with one attached hydrogen (secondary N) is 1. The van der Waals surface area contributed by atoms with Crippen LogP contribution in [0.4, 0.5) is 5.13 Å².